The number of aromatic nitrogens is 3. The zero-order valence-electron chi connectivity index (χ0n) is 16.9. The summed E-state index contributed by atoms with van der Waals surface area (Å²) >= 11 is 0. The summed E-state index contributed by atoms with van der Waals surface area (Å²) in [7, 11) is -3.38. The topological polar surface area (TPSA) is 111 Å². The summed E-state index contributed by atoms with van der Waals surface area (Å²) < 4.78 is 31.1. The van der Waals surface area contributed by atoms with Crippen LogP contribution in [0.15, 0.2) is 35.4 Å². The number of benzene rings is 1. The van der Waals surface area contributed by atoms with Crippen LogP contribution in [0.2, 0.25) is 0 Å². The molecule has 0 bridgehead atoms. The average molecular weight is 417 g/mol. The van der Waals surface area contributed by atoms with E-state index >= 15 is 0 Å². The third kappa shape index (κ3) is 4.09. The molecule has 0 aliphatic rings. The van der Waals surface area contributed by atoms with Crippen LogP contribution in [0.1, 0.15) is 37.6 Å². The van der Waals surface area contributed by atoms with E-state index in [9.17, 15) is 18.3 Å². The molecule has 2 heterocycles. The molecule has 0 atom stereocenters. The molecule has 0 radical (unpaired) electrons. The van der Waals surface area contributed by atoms with Crippen molar-refractivity contribution in [2.75, 3.05) is 6.26 Å². The number of nitrogens with zero attached hydrogens (tertiary/aromatic N) is 3. The molecule has 0 unspecified atom stereocenters. The lowest BCUT2D eigenvalue weighted by atomic mass is 9.86. The Morgan fingerprint density at radius 2 is 1.97 bits per heavy atom. The van der Waals surface area contributed by atoms with Gasteiger partial charge in [0.05, 0.1) is 4.90 Å². The molecule has 0 spiro atoms. The fourth-order valence-corrected chi connectivity index (χ4v) is 4.14. The van der Waals surface area contributed by atoms with Gasteiger partial charge in [0.25, 0.3) is 0 Å². The van der Waals surface area contributed by atoms with Gasteiger partial charge in [-0.15, -0.1) is 4.68 Å². The molecular formula is C20H23N3O5S. The summed E-state index contributed by atoms with van der Waals surface area (Å²) in [6.07, 6.45) is 1.45. The van der Waals surface area contributed by atoms with E-state index in [-0.39, 0.29) is 22.6 Å². The van der Waals surface area contributed by atoms with Crippen LogP contribution in [0.3, 0.4) is 0 Å². The van der Waals surface area contributed by atoms with Crippen LogP contribution in [-0.4, -0.2) is 40.6 Å². The van der Waals surface area contributed by atoms with Gasteiger partial charge in [0.1, 0.15) is 18.1 Å². The Bertz CT molecular complexity index is 1210. The Morgan fingerprint density at radius 3 is 2.55 bits per heavy atom. The van der Waals surface area contributed by atoms with Crippen LogP contribution in [0.5, 0.6) is 5.75 Å². The molecule has 29 heavy (non-hydrogen) atoms. The smallest absolute Gasteiger partial charge is 0.434 e. The molecule has 1 aromatic carbocycles. The maximum absolute atomic E-state index is 12.1. The van der Waals surface area contributed by atoms with E-state index in [0.717, 1.165) is 10.2 Å². The number of rotatable bonds is 4. The first-order valence-corrected chi connectivity index (χ1v) is 10.8. The summed E-state index contributed by atoms with van der Waals surface area (Å²) in [5.41, 5.74) is 1.62. The minimum atomic E-state index is -3.38. The quantitative estimate of drug-likeness (QED) is 0.691. The van der Waals surface area contributed by atoms with Crippen LogP contribution in [0.4, 0.5) is 4.79 Å². The lowest BCUT2D eigenvalue weighted by Crippen LogP contribution is -2.16. The molecule has 2 aromatic heterocycles. The van der Waals surface area contributed by atoms with Crippen molar-refractivity contribution in [3.05, 3.63) is 47.3 Å². The highest BCUT2D eigenvalue weighted by atomic mass is 32.2. The Balaban J connectivity index is 2.05. The van der Waals surface area contributed by atoms with Gasteiger partial charge in [-0.3, -0.25) is 0 Å². The maximum atomic E-state index is 12.1. The second-order valence-corrected chi connectivity index (χ2v) is 9.92. The predicted molar refractivity (Wildman–Crippen MR) is 108 cm³/mol. The highest BCUT2D eigenvalue weighted by molar-refractivity contribution is 7.90. The van der Waals surface area contributed by atoms with Crippen LogP contribution in [-0.2, 0) is 21.9 Å². The van der Waals surface area contributed by atoms with E-state index in [1.165, 1.54) is 12.5 Å². The minimum Gasteiger partial charge on any atom is -0.487 e. The molecule has 0 fully saturated rings. The number of ether oxygens (including phenoxy) is 1. The third-order valence-corrected chi connectivity index (χ3v) is 5.79. The van der Waals surface area contributed by atoms with Crippen molar-refractivity contribution in [2.45, 2.75) is 44.6 Å². The summed E-state index contributed by atoms with van der Waals surface area (Å²) in [6.45, 7) is 7.64. The van der Waals surface area contributed by atoms with E-state index in [4.69, 9.17) is 4.74 Å². The Hall–Kier alpha value is -2.94. The van der Waals surface area contributed by atoms with Gasteiger partial charge in [-0.1, -0.05) is 20.8 Å². The average Bonchev–Trinajstić information content (AvgIpc) is 2.97. The van der Waals surface area contributed by atoms with Gasteiger partial charge in [0.15, 0.2) is 15.5 Å². The van der Waals surface area contributed by atoms with E-state index < -0.39 is 15.9 Å². The molecule has 3 rings (SSSR count). The van der Waals surface area contributed by atoms with Gasteiger partial charge in [-0.2, -0.15) is 5.10 Å². The second kappa shape index (κ2) is 7.14. The van der Waals surface area contributed by atoms with Crippen LogP contribution < -0.4 is 4.74 Å². The zero-order valence-corrected chi connectivity index (χ0v) is 17.7. The van der Waals surface area contributed by atoms with Crippen molar-refractivity contribution in [1.82, 2.24) is 14.8 Å². The van der Waals surface area contributed by atoms with Gasteiger partial charge in [0, 0.05) is 23.4 Å². The fraction of sp³-hybridized carbons (Fsp3) is 0.350. The molecule has 0 saturated heterocycles. The Morgan fingerprint density at radius 1 is 1.28 bits per heavy atom. The molecule has 154 valence electrons. The van der Waals surface area contributed by atoms with Crippen molar-refractivity contribution < 1.29 is 23.1 Å². The lowest BCUT2D eigenvalue weighted by Gasteiger charge is -2.24. The minimum absolute atomic E-state index is 0.0171. The highest BCUT2D eigenvalue weighted by Crippen LogP contribution is 2.36. The summed E-state index contributed by atoms with van der Waals surface area (Å²) in [6, 6.07) is 6.78. The molecule has 0 saturated carbocycles. The second-order valence-electron chi connectivity index (χ2n) is 7.94. The monoisotopic (exact) mass is 417 g/mol. The van der Waals surface area contributed by atoms with Gasteiger partial charge < -0.3 is 9.84 Å². The van der Waals surface area contributed by atoms with Gasteiger partial charge in [0.2, 0.25) is 0 Å². The molecule has 3 aromatic rings. The molecule has 0 amide bonds. The van der Waals surface area contributed by atoms with Crippen molar-refractivity contribution >= 4 is 27.0 Å². The van der Waals surface area contributed by atoms with E-state index in [1.807, 2.05) is 20.8 Å². The fourth-order valence-electron chi connectivity index (χ4n) is 3.17. The number of aryl methyl sites for hydroxylation is 1. The summed E-state index contributed by atoms with van der Waals surface area (Å²) in [5, 5.41) is 14.0. The van der Waals surface area contributed by atoms with Crippen LogP contribution >= 0.6 is 0 Å². The molecule has 0 aliphatic heterocycles. The van der Waals surface area contributed by atoms with Crippen molar-refractivity contribution in [2.24, 2.45) is 0 Å². The van der Waals surface area contributed by atoms with E-state index in [0.29, 0.717) is 22.4 Å². The number of hydrogen-bond donors (Lipinski definition) is 1. The van der Waals surface area contributed by atoms with Crippen molar-refractivity contribution in [3.8, 4) is 5.75 Å². The van der Waals surface area contributed by atoms with Crippen molar-refractivity contribution in [3.63, 3.8) is 0 Å². The first-order valence-electron chi connectivity index (χ1n) is 8.93. The molecule has 0 aliphatic carbocycles. The number of carboxylic acid groups (broad SMARTS) is 1. The van der Waals surface area contributed by atoms with Crippen molar-refractivity contribution in [1.29, 1.82) is 0 Å². The molecular weight excluding hydrogens is 394 g/mol. The zero-order chi connectivity index (χ0) is 21.6. The van der Waals surface area contributed by atoms with Gasteiger partial charge >= 0.3 is 6.09 Å². The molecule has 8 nitrogen and oxygen atoms in total. The normalized spacial score (nSPS) is 12.3. The Kier molecular flexibility index (Phi) is 5.12. The Labute approximate surface area is 169 Å². The molecule has 9 heteroatoms. The molecule has 1 N–H and O–H groups in total. The first kappa shape index (κ1) is 20.8. The number of carbonyl (C=O) groups is 1. The standard InChI is InChI=1S/C20H23N3O5S/c1-12-9-16(14(20(2,3)4)10-17(12)29(5,26)27)28-11-15-13-7-6-8-21-18(13)23(22-15)19(24)25/h6-10H,11H2,1-5H3,(H,24,25). The maximum Gasteiger partial charge on any atom is 0.434 e. The third-order valence-electron chi connectivity index (χ3n) is 4.55. The summed E-state index contributed by atoms with van der Waals surface area (Å²) in [4.78, 5) is 15.8. The van der Waals surface area contributed by atoms with Gasteiger partial charge in [-0.05, 0) is 42.2 Å². The number of pyridine rings is 1. The number of sulfone groups is 1. The largest absolute Gasteiger partial charge is 0.487 e. The van der Waals surface area contributed by atoms with Crippen LogP contribution in [0, 0.1) is 6.92 Å². The van der Waals surface area contributed by atoms with E-state index in [1.54, 1.807) is 31.2 Å². The van der Waals surface area contributed by atoms with E-state index in [2.05, 4.69) is 10.1 Å². The predicted octanol–water partition coefficient (Wildman–Crippen LogP) is 3.55. The number of hydrogen-bond acceptors (Lipinski definition) is 6. The SMILES string of the molecule is Cc1cc(OCc2nn(C(=O)O)c3ncccc23)c(C(C)(C)C)cc1S(C)(=O)=O. The lowest BCUT2D eigenvalue weighted by molar-refractivity contribution is 0.193. The first-order chi connectivity index (χ1) is 13.4. The summed E-state index contributed by atoms with van der Waals surface area (Å²) in [5.74, 6) is 0.532. The number of fused-ring (bicyclic) bond motifs is 1. The highest BCUT2D eigenvalue weighted by Gasteiger charge is 2.24. The van der Waals surface area contributed by atoms with Gasteiger partial charge in [-0.25, -0.2) is 18.2 Å². The van der Waals surface area contributed by atoms with Crippen LogP contribution in [0.25, 0.3) is 11.0 Å².